The Morgan fingerprint density at radius 3 is 2.40 bits per heavy atom. The molecule has 2 N–H and O–H groups in total. The summed E-state index contributed by atoms with van der Waals surface area (Å²) in [5.74, 6) is 0.0515. The first-order valence-corrected chi connectivity index (χ1v) is 6.82. The number of carbonyl (C=O) groups excluding carboxylic acids is 1. The first kappa shape index (κ1) is 15.0. The standard InChI is InChI=1S/C12H10Cl3N3O2/c1-2-10(19)16-9-5-11(20)18(17-9)12-7(14)3-6(13)4-8(12)15/h3-5,17H,2H2,1H3,(H,16,19). The highest BCUT2D eigenvalue weighted by atomic mass is 35.5. The summed E-state index contributed by atoms with van der Waals surface area (Å²) in [6.07, 6.45) is 0.301. The summed E-state index contributed by atoms with van der Waals surface area (Å²) in [6, 6.07) is 4.19. The largest absolute Gasteiger partial charge is 0.311 e. The third kappa shape index (κ3) is 3.00. The molecule has 0 spiro atoms. The molecule has 0 atom stereocenters. The number of hydrogen-bond acceptors (Lipinski definition) is 2. The van der Waals surface area contributed by atoms with Crippen LogP contribution in [0.25, 0.3) is 5.69 Å². The van der Waals surface area contributed by atoms with E-state index >= 15 is 0 Å². The fourth-order valence-electron chi connectivity index (χ4n) is 1.61. The average molecular weight is 335 g/mol. The van der Waals surface area contributed by atoms with Crippen LogP contribution < -0.4 is 10.9 Å². The number of hydrogen-bond donors (Lipinski definition) is 2. The lowest BCUT2D eigenvalue weighted by Gasteiger charge is -2.08. The lowest BCUT2D eigenvalue weighted by Crippen LogP contribution is -2.14. The number of halogens is 3. The van der Waals surface area contributed by atoms with Crippen molar-refractivity contribution in [2.45, 2.75) is 13.3 Å². The van der Waals surface area contributed by atoms with Gasteiger partial charge in [0.05, 0.1) is 10.0 Å². The molecule has 1 aromatic carbocycles. The molecule has 1 heterocycles. The molecule has 1 amide bonds. The van der Waals surface area contributed by atoms with Crippen LogP contribution in [0.1, 0.15) is 13.3 Å². The Labute approximate surface area is 129 Å². The minimum Gasteiger partial charge on any atom is -0.311 e. The van der Waals surface area contributed by atoms with E-state index in [1.54, 1.807) is 6.92 Å². The molecule has 0 radical (unpaired) electrons. The highest BCUT2D eigenvalue weighted by molar-refractivity contribution is 6.40. The van der Waals surface area contributed by atoms with Crippen molar-refractivity contribution in [1.29, 1.82) is 0 Å². The number of nitrogens with zero attached hydrogens (tertiary/aromatic N) is 1. The molecule has 0 aliphatic rings. The van der Waals surface area contributed by atoms with E-state index in [1.807, 2.05) is 0 Å². The van der Waals surface area contributed by atoms with Crippen LogP contribution in [-0.4, -0.2) is 15.7 Å². The fourth-order valence-corrected chi connectivity index (χ4v) is 2.60. The first-order valence-electron chi connectivity index (χ1n) is 5.69. The molecule has 5 nitrogen and oxygen atoms in total. The molecule has 0 bridgehead atoms. The molecule has 2 rings (SSSR count). The van der Waals surface area contributed by atoms with E-state index in [1.165, 1.54) is 18.2 Å². The number of rotatable bonds is 3. The fraction of sp³-hybridized carbons (Fsp3) is 0.167. The van der Waals surface area contributed by atoms with Gasteiger partial charge in [-0.1, -0.05) is 41.7 Å². The summed E-state index contributed by atoms with van der Waals surface area (Å²) in [5, 5.41) is 6.08. The van der Waals surface area contributed by atoms with E-state index < -0.39 is 5.56 Å². The van der Waals surface area contributed by atoms with Gasteiger partial charge in [0.2, 0.25) is 5.91 Å². The molecule has 20 heavy (non-hydrogen) atoms. The molecule has 0 aliphatic heterocycles. The smallest absolute Gasteiger partial charge is 0.273 e. The van der Waals surface area contributed by atoms with Gasteiger partial charge in [0.15, 0.2) is 0 Å². The second kappa shape index (κ2) is 5.91. The number of nitrogens with one attached hydrogen (secondary N) is 2. The van der Waals surface area contributed by atoms with Gasteiger partial charge in [-0.3, -0.25) is 14.7 Å². The van der Waals surface area contributed by atoms with Crippen LogP contribution in [0.3, 0.4) is 0 Å². The second-order valence-corrected chi connectivity index (χ2v) is 5.21. The molecule has 2 aromatic rings. The number of amides is 1. The normalized spacial score (nSPS) is 10.6. The van der Waals surface area contributed by atoms with Crippen molar-refractivity contribution in [2.24, 2.45) is 0 Å². The van der Waals surface area contributed by atoms with Gasteiger partial charge >= 0.3 is 0 Å². The minimum atomic E-state index is -0.400. The van der Waals surface area contributed by atoms with Crippen molar-refractivity contribution >= 4 is 46.5 Å². The van der Waals surface area contributed by atoms with Gasteiger partial charge in [-0.15, -0.1) is 0 Å². The zero-order valence-electron chi connectivity index (χ0n) is 10.3. The van der Waals surface area contributed by atoms with Crippen LogP contribution >= 0.6 is 34.8 Å². The number of aromatic nitrogens is 2. The average Bonchev–Trinajstić information content (AvgIpc) is 2.69. The van der Waals surface area contributed by atoms with E-state index in [9.17, 15) is 9.59 Å². The predicted molar refractivity (Wildman–Crippen MR) is 80.3 cm³/mol. The highest BCUT2D eigenvalue weighted by Crippen LogP contribution is 2.31. The monoisotopic (exact) mass is 333 g/mol. The summed E-state index contributed by atoms with van der Waals surface area (Å²) in [6.45, 7) is 1.71. The maximum atomic E-state index is 11.9. The molecule has 0 fully saturated rings. The van der Waals surface area contributed by atoms with Crippen molar-refractivity contribution in [3.05, 3.63) is 43.6 Å². The number of H-pyrrole nitrogens is 1. The Kier molecular flexibility index (Phi) is 4.42. The quantitative estimate of drug-likeness (QED) is 0.902. The van der Waals surface area contributed by atoms with Crippen molar-refractivity contribution in [2.75, 3.05) is 5.32 Å². The Hall–Kier alpha value is -1.43. The van der Waals surface area contributed by atoms with Gasteiger partial charge in [-0.25, -0.2) is 4.68 Å². The van der Waals surface area contributed by atoms with Crippen LogP contribution in [0.4, 0.5) is 5.82 Å². The SMILES string of the molecule is CCC(=O)Nc1cc(=O)n(-c2c(Cl)cc(Cl)cc2Cl)[nH]1. The van der Waals surface area contributed by atoms with Gasteiger partial charge in [0.25, 0.3) is 5.56 Å². The predicted octanol–water partition coefficient (Wildman–Crippen LogP) is 3.47. The highest BCUT2D eigenvalue weighted by Gasteiger charge is 2.14. The van der Waals surface area contributed by atoms with E-state index in [4.69, 9.17) is 34.8 Å². The van der Waals surface area contributed by atoms with E-state index in [0.29, 0.717) is 11.4 Å². The summed E-state index contributed by atoms with van der Waals surface area (Å²) < 4.78 is 1.15. The number of aromatic amines is 1. The van der Waals surface area contributed by atoms with Crippen LogP contribution in [0.5, 0.6) is 0 Å². The Morgan fingerprint density at radius 1 is 1.25 bits per heavy atom. The molecular weight excluding hydrogens is 325 g/mol. The topological polar surface area (TPSA) is 66.9 Å². The molecule has 106 valence electrons. The summed E-state index contributed by atoms with van der Waals surface area (Å²) in [5.41, 5.74) is -0.123. The molecule has 0 saturated carbocycles. The van der Waals surface area contributed by atoms with E-state index in [0.717, 1.165) is 4.68 Å². The number of benzene rings is 1. The molecule has 0 aliphatic carbocycles. The lowest BCUT2D eigenvalue weighted by molar-refractivity contribution is -0.115. The zero-order valence-corrected chi connectivity index (χ0v) is 12.6. The molecule has 0 saturated heterocycles. The van der Waals surface area contributed by atoms with Crippen LogP contribution in [-0.2, 0) is 4.79 Å². The third-order valence-corrected chi connectivity index (χ3v) is 3.32. The lowest BCUT2D eigenvalue weighted by atomic mass is 10.3. The Bertz CT molecular complexity index is 698. The van der Waals surface area contributed by atoms with Crippen molar-refractivity contribution in [1.82, 2.24) is 9.78 Å². The Balaban J connectivity index is 2.49. The number of anilines is 1. The van der Waals surface area contributed by atoms with Crippen molar-refractivity contribution < 1.29 is 4.79 Å². The maximum Gasteiger partial charge on any atom is 0.273 e. The first-order chi connectivity index (χ1) is 9.42. The van der Waals surface area contributed by atoms with Gasteiger partial charge in [-0.2, -0.15) is 0 Å². The van der Waals surface area contributed by atoms with Gasteiger partial charge in [0.1, 0.15) is 11.5 Å². The summed E-state index contributed by atoms with van der Waals surface area (Å²) in [4.78, 5) is 23.2. The number of carbonyl (C=O) groups is 1. The molecule has 8 heteroatoms. The Morgan fingerprint density at radius 2 is 1.85 bits per heavy atom. The van der Waals surface area contributed by atoms with Crippen LogP contribution in [0.15, 0.2) is 23.0 Å². The summed E-state index contributed by atoms with van der Waals surface area (Å²) in [7, 11) is 0. The second-order valence-electron chi connectivity index (χ2n) is 3.96. The van der Waals surface area contributed by atoms with Gasteiger partial charge < -0.3 is 5.32 Å². The molecular formula is C12H10Cl3N3O2. The van der Waals surface area contributed by atoms with Crippen molar-refractivity contribution in [3.63, 3.8) is 0 Å². The van der Waals surface area contributed by atoms with Crippen molar-refractivity contribution in [3.8, 4) is 5.69 Å². The third-order valence-electron chi connectivity index (χ3n) is 2.52. The minimum absolute atomic E-state index is 0.216. The van der Waals surface area contributed by atoms with Gasteiger partial charge in [-0.05, 0) is 12.1 Å². The molecule has 1 aromatic heterocycles. The zero-order chi connectivity index (χ0) is 14.9. The van der Waals surface area contributed by atoms with Gasteiger partial charge in [0, 0.05) is 17.5 Å². The van der Waals surface area contributed by atoms with Crippen LogP contribution in [0, 0.1) is 0 Å². The maximum absolute atomic E-state index is 11.9. The summed E-state index contributed by atoms with van der Waals surface area (Å²) >= 11 is 17.9. The van der Waals surface area contributed by atoms with E-state index in [2.05, 4.69) is 10.4 Å². The molecule has 0 unspecified atom stereocenters. The van der Waals surface area contributed by atoms with Crippen LogP contribution in [0.2, 0.25) is 15.1 Å². The van der Waals surface area contributed by atoms with E-state index in [-0.39, 0.29) is 27.5 Å².